The highest BCUT2D eigenvalue weighted by atomic mass is 35.5. The highest BCUT2D eigenvalue weighted by Gasteiger charge is 2.07. The van der Waals surface area contributed by atoms with Crippen LogP contribution in [0, 0.1) is 13.8 Å². The van der Waals surface area contributed by atoms with Crippen molar-refractivity contribution in [3.8, 4) is 5.75 Å². The minimum Gasteiger partial charge on any atom is -0.489 e. The lowest BCUT2D eigenvalue weighted by molar-refractivity contribution is 0.354. The van der Waals surface area contributed by atoms with E-state index in [4.69, 9.17) is 16.3 Å². The molecule has 1 heterocycles. The first kappa shape index (κ1) is 17.5. The Morgan fingerprint density at radius 2 is 1.92 bits per heavy atom. The van der Waals surface area contributed by atoms with E-state index in [1.165, 1.54) is 5.57 Å². The summed E-state index contributed by atoms with van der Waals surface area (Å²) in [4.78, 5) is 8.61. The number of nitrogens with one attached hydrogen (secondary N) is 1. The third-order valence-electron chi connectivity index (χ3n) is 3.99. The molecule has 0 saturated carbocycles. The minimum absolute atomic E-state index is 0.569. The predicted octanol–water partition coefficient (Wildman–Crippen LogP) is 5.01. The number of rotatable bonds is 6. The third kappa shape index (κ3) is 4.83. The molecular formula is C20H22ClN3O. The second-order valence-electron chi connectivity index (χ2n) is 6.06. The van der Waals surface area contributed by atoms with Crippen LogP contribution < -0.4 is 10.1 Å². The molecule has 0 radical (unpaired) electrons. The Morgan fingerprint density at radius 3 is 2.64 bits per heavy atom. The molecule has 1 aliphatic carbocycles. The summed E-state index contributed by atoms with van der Waals surface area (Å²) in [6.07, 6.45) is 8.78. The van der Waals surface area contributed by atoms with Crippen LogP contribution in [0.2, 0.25) is 5.02 Å². The smallest absolute Gasteiger partial charge is 0.149 e. The van der Waals surface area contributed by atoms with Gasteiger partial charge < -0.3 is 10.1 Å². The van der Waals surface area contributed by atoms with Gasteiger partial charge in [0, 0.05) is 6.54 Å². The Balaban J connectivity index is 1.56. The quantitative estimate of drug-likeness (QED) is 0.790. The summed E-state index contributed by atoms with van der Waals surface area (Å²) in [6.45, 7) is 5.00. The average molecular weight is 356 g/mol. The highest BCUT2D eigenvalue weighted by Crippen LogP contribution is 2.23. The Morgan fingerprint density at radius 1 is 1.12 bits per heavy atom. The first-order chi connectivity index (χ1) is 12.1. The molecule has 1 aromatic carbocycles. The Hall–Kier alpha value is -2.33. The van der Waals surface area contributed by atoms with Crippen LogP contribution >= 0.6 is 11.6 Å². The molecule has 0 fully saturated rings. The van der Waals surface area contributed by atoms with Crippen molar-refractivity contribution in [2.75, 3.05) is 11.9 Å². The molecule has 130 valence electrons. The molecule has 1 aliphatic rings. The van der Waals surface area contributed by atoms with Crippen molar-refractivity contribution in [3.05, 3.63) is 70.2 Å². The van der Waals surface area contributed by atoms with Crippen molar-refractivity contribution >= 4 is 17.4 Å². The highest BCUT2D eigenvalue weighted by molar-refractivity contribution is 6.33. The van der Waals surface area contributed by atoms with Gasteiger partial charge in [-0.05, 0) is 50.0 Å². The van der Waals surface area contributed by atoms with Gasteiger partial charge in [-0.1, -0.05) is 42.0 Å². The van der Waals surface area contributed by atoms with Crippen molar-refractivity contribution in [2.24, 2.45) is 0 Å². The number of ether oxygens (including phenoxy) is 1. The van der Waals surface area contributed by atoms with Crippen LogP contribution in [0.4, 0.5) is 5.82 Å². The molecule has 0 spiro atoms. The van der Waals surface area contributed by atoms with Crippen LogP contribution in [-0.4, -0.2) is 16.6 Å². The summed E-state index contributed by atoms with van der Waals surface area (Å²) < 4.78 is 5.83. The van der Waals surface area contributed by atoms with Crippen LogP contribution in [0.3, 0.4) is 0 Å². The first-order valence-corrected chi connectivity index (χ1v) is 8.81. The van der Waals surface area contributed by atoms with Crippen molar-refractivity contribution in [1.82, 2.24) is 9.97 Å². The molecule has 1 N–H and O–H groups in total. The van der Waals surface area contributed by atoms with E-state index < -0.39 is 0 Å². The van der Waals surface area contributed by atoms with Crippen molar-refractivity contribution < 1.29 is 4.74 Å². The number of hydrogen-bond acceptors (Lipinski definition) is 4. The van der Waals surface area contributed by atoms with E-state index in [9.17, 15) is 0 Å². The van der Waals surface area contributed by atoms with Gasteiger partial charge in [-0.3, -0.25) is 0 Å². The SMILES string of the molecule is Cc1nc(C)c(Cl)c(NCc2ccc(OCC3=CCCC=C3)cc2)n1. The zero-order valence-corrected chi connectivity index (χ0v) is 15.3. The maximum Gasteiger partial charge on any atom is 0.149 e. The van der Waals surface area contributed by atoms with Crippen molar-refractivity contribution in [2.45, 2.75) is 33.2 Å². The molecule has 0 aliphatic heterocycles. The summed E-state index contributed by atoms with van der Waals surface area (Å²) in [5.74, 6) is 2.25. The van der Waals surface area contributed by atoms with E-state index >= 15 is 0 Å². The number of anilines is 1. The summed E-state index contributed by atoms with van der Waals surface area (Å²) >= 11 is 6.25. The second kappa shape index (κ2) is 8.17. The summed E-state index contributed by atoms with van der Waals surface area (Å²) in [7, 11) is 0. The molecule has 0 saturated heterocycles. The van der Waals surface area contributed by atoms with Gasteiger partial charge in [0.2, 0.25) is 0 Å². The lowest BCUT2D eigenvalue weighted by Crippen LogP contribution is -2.05. The van der Waals surface area contributed by atoms with Crippen LogP contribution in [0.1, 0.15) is 29.9 Å². The molecule has 0 amide bonds. The molecule has 1 aromatic heterocycles. The fourth-order valence-electron chi connectivity index (χ4n) is 2.65. The molecule has 0 bridgehead atoms. The van der Waals surface area contributed by atoms with E-state index in [0.717, 1.165) is 29.8 Å². The van der Waals surface area contributed by atoms with Gasteiger partial charge in [-0.15, -0.1) is 0 Å². The lowest BCUT2D eigenvalue weighted by atomic mass is 10.1. The van der Waals surface area contributed by atoms with E-state index in [2.05, 4.69) is 33.5 Å². The van der Waals surface area contributed by atoms with Gasteiger partial charge in [0.1, 0.15) is 29.0 Å². The maximum absolute atomic E-state index is 6.25. The minimum atomic E-state index is 0.569. The summed E-state index contributed by atoms with van der Waals surface area (Å²) in [6, 6.07) is 8.06. The van der Waals surface area contributed by atoms with Crippen molar-refractivity contribution in [1.29, 1.82) is 0 Å². The van der Waals surface area contributed by atoms with Gasteiger partial charge in [0.05, 0.1) is 5.69 Å². The fraction of sp³-hybridized carbons (Fsp3) is 0.300. The van der Waals surface area contributed by atoms with Crippen molar-refractivity contribution in [3.63, 3.8) is 0 Å². The molecule has 0 unspecified atom stereocenters. The number of benzene rings is 1. The zero-order chi connectivity index (χ0) is 17.6. The maximum atomic E-state index is 6.25. The monoisotopic (exact) mass is 355 g/mol. The van der Waals surface area contributed by atoms with Gasteiger partial charge >= 0.3 is 0 Å². The lowest BCUT2D eigenvalue weighted by Gasteiger charge is -2.11. The number of aromatic nitrogens is 2. The number of hydrogen-bond donors (Lipinski definition) is 1. The number of allylic oxidation sites excluding steroid dienone is 2. The van der Waals surface area contributed by atoms with Gasteiger partial charge in [-0.25, -0.2) is 9.97 Å². The van der Waals surface area contributed by atoms with Crippen LogP contribution in [0.25, 0.3) is 0 Å². The number of halogens is 1. The van der Waals surface area contributed by atoms with E-state index in [-0.39, 0.29) is 0 Å². The molecule has 25 heavy (non-hydrogen) atoms. The summed E-state index contributed by atoms with van der Waals surface area (Å²) in [5.41, 5.74) is 3.15. The van der Waals surface area contributed by atoms with E-state index in [1.54, 1.807) is 0 Å². The van der Waals surface area contributed by atoms with E-state index in [1.807, 2.05) is 38.1 Å². The Labute approximate surface area is 153 Å². The molecule has 0 atom stereocenters. The molecular weight excluding hydrogens is 334 g/mol. The summed E-state index contributed by atoms with van der Waals surface area (Å²) in [5, 5.41) is 3.84. The first-order valence-electron chi connectivity index (χ1n) is 8.44. The predicted molar refractivity (Wildman–Crippen MR) is 102 cm³/mol. The molecule has 5 heteroatoms. The fourth-order valence-corrected chi connectivity index (χ4v) is 2.80. The Bertz CT molecular complexity index is 797. The number of aryl methyl sites for hydroxylation is 2. The normalized spacial score (nSPS) is 13.5. The van der Waals surface area contributed by atoms with E-state index in [0.29, 0.717) is 29.8 Å². The van der Waals surface area contributed by atoms with Gasteiger partial charge in [-0.2, -0.15) is 0 Å². The molecule has 2 aromatic rings. The average Bonchev–Trinajstić information content (AvgIpc) is 2.63. The largest absolute Gasteiger partial charge is 0.489 e. The molecule has 4 nitrogen and oxygen atoms in total. The Kier molecular flexibility index (Phi) is 5.71. The van der Waals surface area contributed by atoms with Crippen LogP contribution in [-0.2, 0) is 6.54 Å². The topological polar surface area (TPSA) is 47.0 Å². The zero-order valence-electron chi connectivity index (χ0n) is 14.6. The van der Waals surface area contributed by atoms with Crippen LogP contribution in [0.15, 0.2) is 48.1 Å². The second-order valence-corrected chi connectivity index (χ2v) is 6.44. The van der Waals surface area contributed by atoms with Gasteiger partial charge in [0.15, 0.2) is 0 Å². The standard InChI is InChI=1S/C20H22ClN3O/c1-14-19(21)20(24-15(2)23-14)22-12-16-8-10-18(11-9-16)25-13-17-6-4-3-5-7-17/h4,6-11H,3,5,12-13H2,1-2H3,(H,22,23,24). The molecule has 3 rings (SSSR count). The number of nitrogens with zero attached hydrogens (tertiary/aromatic N) is 2. The third-order valence-corrected chi connectivity index (χ3v) is 4.44. The van der Waals surface area contributed by atoms with Crippen LogP contribution in [0.5, 0.6) is 5.75 Å². The van der Waals surface area contributed by atoms with Gasteiger partial charge in [0.25, 0.3) is 0 Å².